The molecule has 4 aromatic rings. The van der Waals surface area contributed by atoms with E-state index in [-0.39, 0.29) is 24.6 Å². The molecule has 2 N–H and O–H groups in total. The number of aromatic nitrogens is 2. The summed E-state index contributed by atoms with van der Waals surface area (Å²) in [7, 11) is 1.51. The smallest absolute Gasteiger partial charge is 0.250 e. The van der Waals surface area contributed by atoms with Crippen LogP contribution >= 0.6 is 12.2 Å². The predicted octanol–water partition coefficient (Wildman–Crippen LogP) is 6.12. The summed E-state index contributed by atoms with van der Waals surface area (Å²) >= 11 is 5.97. The molecule has 1 saturated heterocycles. The molecule has 7 nitrogen and oxygen atoms in total. The van der Waals surface area contributed by atoms with E-state index in [1.54, 1.807) is 0 Å². The number of hydrogen-bond acceptors (Lipinski definition) is 4. The van der Waals surface area contributed by atoms with Crippen LogP contribution in [0, 0.1) is 20.8 Å². The molecule has 1 aliphatic heterocycles. The average molecular weight is 554 g/mol. The molecule has 2 aromatic carbocycles. The largest absolute Gasteiger partial charge is 0.375 e. The molecule has 40 heavy (non-hydrogen) atoms. The van der Waals surface area contributed by atoms with Gasteiger partial charge in [-0.05, 0) is 98.6 Å². The number of nitrogens with one attached hydrogen (secondary N) is 2. The number of aryl methyl sites for hydroxylation is 3. The summed E-state index contributed by atoms with van der Waals surface area (Å²) in [6.45, 7) is 8.52. The van der Waals surface area contributed by atoms with Crippen LogP contribution in [0.3, 0.4) is 0 Å². The number of carbonyl (C=O) groups excluding carboxylic acids is 1. The lowest BCUT2D eigenvalue weighted by molar-refractivity contribution is -0.119. The minimum absolute atomic E-state index is 0.00588. The monoisotopic (exact) mass is 553 g/mol. The third kappa shape index (κ3) is 5.12. The van der Waals surface area contributed by atoms with Crippen molar-refractivity contribution in [3.8, 4) is 5.69 Å². The highest BCUT2D eigenvalue weighted by Crippen LogP contribution is 2.44. The summed E-state index contributed by atoms with van der Waals surface area (Å²) in [6, 6.07) is 22.5. The maximum absolute atomic E-state index is 12.1. The van der Waals surface area contributed by atoms with Crippen LogP contribution in [0.2, 0.25) is 0 Å². The summed E-state index contributed by atoms with van der Waals surface area (Å²) in [5.74, 6) is -0.190. The Hall–Kier alpha value is -4.01. The minimum Gasteiger partial charge on any atom is -0.375 e. The number of hydrogen-bond donors (Lipinski definition) is 2. The first-order valence-electron chi connectivity index (χ1n) is 13.5. The van der Waals surface area contributed by atoms with Crippen LogP contribution in [0.25, 0.3) is 5.69 Å². The minimum atomic E-state index is -0.190. The van der Waals surface area contributed by atoms with Crippen LogP contribution in [0.4, 0.5) is 11.4 Å². The van der Waals surface area contributed by atoms with Crippen molar-refractivity contribution in [2.24, 2.45) is 0 Å². The standard InChI is InChI=1S/C32H35N5O2S/c1-6-23-11-7-8-13-28(23)36-21(3)18-25(22(36)4)31-30(27-12-9-10-16-33-27)35-32(40)37(31)24-14-15-26(20(2)17-24)34-29(38)19-39-5/h7-18,30-31H,6,19H2,1-5H3,(H,34,38)(H,35,40)/t30-,31-/m1/s1. The van der Waals surface area contributed by atoms with Crippen molar-refractivity contribution >= 4 is 34.6 Å². The lowest BCUT2D eigenvalue weighted by Crippen LogP contribution is -2.29. The first kappa shape index (κ1) is 27.6. The van der Waals surface area contributed by atoms with Crippen molar-refractivity contribution < 1.29 is 9.53 Å². The number of anilines is 2. The zero-order valence-corrected chi connectivity index (χ0v) is 24.4. The van der Waals surface area contributed by atoms with Crippen LogP contribution in [0.15, 0.2) is 72.9 Å². The van der Waals surface area contributed by atoms with Gasteiger partial charge in [-0.1, -0.05) is 31.2 Å². The molecule has 0 aliphatic carbocycles. The van der Waals surface area contributed by atoms with E-state index in [1.165, 1.54) is 35.3 Å². The number of carbonyl (C=O) groups is 1. The average Bonchev–Trinajstić information content (AvgIpc) is 3.45. The van der Waals surface area contributed by atoms with Gasteiger partial charge in [0.15, 0.2) is 5.11 Å². The first-order chi connectivity index (χ1) is 19.3. The number of amides is 1. The predicted molar refractivity (Wildman–Crippen MR) is 164 cm³/mol. The van der Waals surface area contributed by atoms with Crippen LogP contribution in [0.1, 0.15) is 52.8 Å². The van der Waals surface area contributed by atoms with Crippen LogP contribution in [-0.4, -0.2) is 34.3 Å². The van der Waals surface area contributed by atoms with Crippen molar-refractivity contribution in [1.82, 2.24) is 14.9 Å². The second-order valence-corrected chi connectivity index (χ2v) is 10.5. The van der Waals surface area contributed by atoms with Gasteiger partial charge in [0.05, 0.1) is 17.8 Å². The van der Waals surface area contributed by atoms with Gasteiger partial charge < -0.3 is 24.8 Å². The molecule has 0 saturated carbocycles. The molecule has 0 bridgehead atoms. The Balaban J connectivity index is 1.62. The molecule has 0 radical (unpaired) electrons. The number of thiocarbonyl (C=S) groups is 1. The molecule has 2 aromatic heterocycles. The Morgan fingerprint density at radius 2 is 1.85 bits per heavy atom. The summed E-state index contributed by atoms with van der Waals surface area (Å²) in [5.41, 5.74) is 9.57. The fraction of sp³-hybridized carbons (Fsp3) is 0.281. The zero-order chi connectivity index (χ0) is 28.4. The summed E-state index contributed by atoms with van der Waals surface area (Å²) in [5, 5.41) is 7.12. The number of nitrogens with zero attached hydrogens (tertiary/aromatic N) is 3. The molecule has 1 amide bonds. The Bertz CT molecular complexity index is 1550. The number of ether oxygens (including phenoxy) is 1. The third-order valence-electron chi connectivity index (χ3n) is 7.54. The highest BCUT2D eigenvalue weighted by Gasteiger charge is 2.42. The van der Waals surface area contributed by atoms with E-state index in [0.29, 0.717) is 5.11 Å². The molecule has 0 spiro atoms. The van der Waals surface area contributed by atoms with E-state index in [1.807, 2.05) is 43.5 Å². The lowest BCUT2D eigenvalue weighted by Gasteiger charge is -2.29. The fourth-order valence-electron chi connectivity index (χ4n) is 5.69. The Morgan fingerprint density at radius 3 is 2.55 bits per heavy atom. The third-order valence-corrected chi connectivity index (χ3v) is 7.85. The van der Waals surface area contributed by atoms with Gasteiger partial charge in [0.25, 0.3) is 0 Å². The SMILES string of the molecule is CCc1ccccc1-n1c(C)cc([C@@H]2[C@@H](c3ccccn3)NC(=S)N2c2ccc(NC(=O)COC)c(C)c2)c1C. The van der Waals surface area contributed by atoms with Crippen molar-refractivity contribution in [2.45, 2.75) is 46.2 Å². The highest BCUT2D eigenvalue weighted by atomic mass is 32.1. The van der Waals surface area contributed by atoms with Gasteiger partial charge in [-0.15, -0.1) is 0 Å². The van der Waals surface area contributed by atoms with E-state index in [9.17, 15) is 4.79 Å². The Labute approximate surface area is 241 Å². The van der Waals surface area contributed by atoms with Gasteiger partial charge in [-0.2, -0.15) is 0 Å². The second kappa shape index (κ2) is 11.6. The van der Waals surface area contributed by atoms with Crippen molar-refractivity contribution in [1.29, 1.82) is 0 Å². The molecule has 3 heterocycles. The van der Waals surface area contributed by atoms with E-state index in [0.717, 1.165) is 29.1 Å². The molecule has 206 valence electrons. The van der Waals surface area contributed by atoms with E-state index >= 15 is 0 Å². The number of methoxy groups -OCH3 is 1. The van der Waals surface area contributed by atoms with Crippen molar-refractivity contribution in [2.75, 3.05) is 23.9 Å². The van der Waals surface area contributed by atoms with Crippen molar-refractivity contribution in [3.05, 3.63) is 107 Å². The van der Waals surface area contributed by atoms with E-state index < -0.39 is 0 Å². The highest BCUT2D eigenvalue weighted by molar-refractivity contribution is 7.80. The van der Waals surface area contributed by atoms with Gasteiger partial charge in [0.2, 0.25) is 5.91 Å². The lowest BCUT2D eigenvalue weighted by atomic mass is 9.96. The second-order valence-electron chi connectivity index (χ2n) is 10.1. The molecule has 8 heteroatoms. The van der Waals surface area contributed by atoms with Gasteiger partial charge >= 0.3 is 0 Å². The molecular formula is C32H35N5O2S. The molecule has 1 fully saturated rings. The Morgan fingerprint density at radius 1 is 1.07 bits per heavy atom. The van der Waals surface area contributed by atoms with Gasteiger partial charge in [0.1, 0.15) is 6.61 Å². The number of rotatable bonds is 8. The summed E-state index contributed by atoms with van der Waals surface area (Å²) < 4.78 is 7.32. The number of para-hydroxylation sites is 1. The topological polar surface area (TPSA) is 71.4 Å². The van der Waals surface area contributed by atoms with Crippen LogP contribution in [0.5, 0.6) is 0 Å². The summed E-state index contributed by atoms with van der Waals surface area (Å²) in [4.78, 5) is 19.0. The maximum Gasteiger partial charge on any atom is 0.250 e. The van der Waals surface area contributed by atoms with Crippen LogP contribution < -0.4 is 15.5 Å². The van der Waals surface area contributed by atoms with Crippen LogP contribution in [-0.2, 0) is 16.0 Å². The molecule has 5 rings (SSSR count). The van der Waals surface area contributed by atoms with E-state index in [4.69, 9.17) is 21.9 Å². The Kier molecular flexibility index (Phi) is 8.00. The first-order valence-corrected chi connectivity index (χ1v) is 13.9. The molecule has 1 aliphatic rings. The molecular weight excluding hydrogens is 518 g/mol. The van der Waals surface area contributed by atoms with Crippen molar-refractivity contribution in [3.63, 3.8) is 0 Å². The zero-order valence-electron chi connectivity index (χ0n) is 23.6. The number of pyridine rings is 1. The maximum atomic E-state index is 12.1. The normalized spacial score (nSPS) is 16.7. The van der Waals surface area contributed by atoms with E-state index in [2.05, 4.69) is 77.3 Å². The number of benzene rings is 2. The van der Waals surface area contributed by atoms with Gasteiger partial charge in [0, 0.05) is 41.8 Å². The molecule has 2 atom stereocenters. The quantitative estimate of drug-likeness (QED) is 0.256. The summed E-state index contributed by atoms with van der Waals surface area (Å²) in [6.07, 6.45) is 2.77. The van der Waals surface area contributed by atoms with Gasteiger partial charge in [-0.25, -0.2) is 0 Å². The van der Waals surface area contributed by atoms with Gasteiger partial charge in [-0.3, -0.25) is 9.78 Å². The fourth-order valence-corrected chi connectivity index (χ4v) is 6.04. The molecule has 0 unspecified atom stereocenters.